The summed E-state index contributed by atoms with van der Waals surface area (Å²) in [4.78, 5) is 6.23. The van der Waals surface area contributed by atoms with Crippen LogP contribution in [0.3, 0.4) is 0 Å². The number of fused-ring (bicyclic) bond motifs is 7. The van der Waals surface area contributed by atoms with Crippen molar-refractivity contribution < 1.29 is 17.5 Å². The summed E-state index contributed by atoms with van der Waals surface area (Å²) in [5.41, 5.74) is 4.36. The third-order valence-electron chi connectivity index (χ3n) is 16.1. The Morgan fingerprint density at radius 1 is 0.960 bits per heavy atom. The number of ether oxygens (including phenoxy) is 1. The van der Waals surface area contributed by atoms with E-state index >= 15 is 0 Å². The molecule has 0 radical (unpaired) electrons. The first-order valence-electron chi connectivity index (χ1n) is 20.3. The number of aromatic nitrogens is 1. The number of nitrogens with one attached hydrogen (secondary N) is 1. The van der Waals surface area contributed by atoms with Crippen LogP contribution in [0.2, 0.25) is 0 Å². The highest BCUT2D eigenvalue weighted by Crippen LogP contribution is 2.70. The molecule has 8 rings (SSSR count). The molecule has 10 atom stereocenters. The molecule has 7 aliphatic rings. The molecule has 276 valence electrons. The number of pyridine rings is 1. The van der Waals surface area contributed by atoms with Crippen molar-refractivity contribution in [2.75, 3.05) is 44.3 Å². The Balaban J connectivity index is 0.909. The molecular weight excluding hydrogens is 646 g/mol. The number of hydrogen-bond acceptors (Lipinski definition) is 6. The molecule has 50 heavy (non-hydrogen) atoms. The van der Waals surface area contributed by atoms with Crippen molar-refractivity contribution in [3.63, 3.8) is 0 Å². The van der Waals surface area contributed by atoms with Gasteiger partial charge >= 0.3 is 0 Å². The second-order valence-electron chi connectivity index (χ2n) is 18.3. The third-order valence-corrected chi connectivity index (χ3v) is 17.7. The Labute approximate surface area is 301 Å². The van der Waals surface area contributed by atoms with Crippen molar-refractivity contribution in [2.45, 2.75) is 110 Å². The van der Waals surface area contributed by atoms with E-state index in [4.69, 9.17) is 4.74 Å². The Kier molecular flexibility index (Phi) is 9.58. The van der Waals surface area contributed by atoms with E-state index in [1.54, 1.807) is 23.3 Å². The first-order valence-corrected chi connectivity index (χ1v) is 22.1. The topological polar surface area (TPSA) is 71.5 Å². The lowest BCUT2D eigenvalue weighted by molar-refractivity contribution is -0.166. The van der Waals surface area contributed by atoms with Gasteiger partial charge in [-0.3, -0.25) is 0 Å². The van der Waals surface area contributed by atoms with Crippen molar-refractivity contribution in [1.29, 1.82) is 0 Å². The van der Waals surface area contributed by atoms with Crippen molar-refractivity contribution in [2.24, 2.45) is 52.3 Å². The Morgan fingerprint density at radius 2 is 1.78 bits per heavy atom. The summed E-state index contributed by atoms with van der Waals surface area (Å²) in [6.07, 6.45) is 22.1. The van der Waals surface area contributed by atoms with Gasteiger partial charge < -0.3 is 15.0 Å². The standard InChI is InChI=1S/C42H62FN3O3S/c1-29-32(31-11-9-30(10-12-31)28-49-39-8-4-7-38(43)45-39)15-19-40(2)34(29)16-20-41(3)35-17-21-42(18-5-6-36(42)33(35)13-14-37(40)41)44-22-23-46-24-26-50(47,48)27-25-46/h4,7-8,11,15,29-30,33-37,44H,5-6,9-10,12-14,16-28H2,1-3H3/t29?,30?,33?,34?,35?,36-,37?,40?,41?,42?/m1/s1. The first-order chi connectivity index (χ1) is 24.0. The highest BCUT2D eigenvalue weighted by molar-refractivity contribution is 7.91. The van der Waals surface area contributed by atoms with Crippen LogP contribution in [0.25, 0.3) is 0 Å². The molecule has 1 saturated heterocycles. The van der Waals surface area contributed by atoms with Gasteiger partial charge in [-0.15, -0.1) is 0 Å². The lowest BCUT2D eigenvalue weighted by atomic mass is 9.38. The average Bonchev–Trinajstić information content (AvgIpc) is 3.53. The minimum atomic E-state index is -2.82. The van der Waals surface area contributed by atoms with Gasteiger partial charge in [0.15, 0.2) is 9.84 Å². The second-order valence-corrected chi connectivity index (χ2v) is 20.6. The molecule has 0 aromatic carbocycles. The van der Waals surface area contributed by atoms with Gasteiger partial charge in [0.05, 0.1) is 18.1 Å². The Bertz CT molecular complexity index is 1580. The number of rotatable bonds is 8. The number of nitrogens with zero attached hydrogens (tertiary/aromatic N) is 2. The maximum absolute atomic E-state index is 13.5. The van der Waals surface area contributed by atoms with Gasteiger partial charge in [0.2, 0.25) is 11.8 Å². The van der Waals surface area contributed by atoms with Crippen molar-refractivity contribution in [1.82, 2.24) is 15.2 Å². The van der Waals surface area contributed by atoms with Crippen LogP contribution in [0.1, 0.15) is 104 Å². The zero-order chi connectivity index (χ0) is 34.7. The van der Waals surface area contributed by atoms with Crippen LogP contribution in [0, 0.1) is 58.2 Å². The SMILES string of the molecule is CC1C(C2=CCC(COc3cccc(F)n3)CC2)=CCC2(C)C1CCC1(C)C3CCC4(NCCN5CCS(=O)(=O)CC5)CCC[C@@H]4C3CCC21. The van der Waals surface area contributed by atoms with E-state index in [1.807, 2.05) is 0 Å². The van der Waals surface area contributed by atoms with E-state index in [-0.39, 0.29) is 0 Å². The molecule has 8 heteroatoms. The normalized spacial score (nSPS) is 42.7. The number of sulfone groups is 1. The van der Waals surface area contributed by atoms with Crippen LogP contribution in [0.15, 0.2) is 41.5 Å². The van der Waals surface area contributed by atoms with Crippen LogP contribution in [-0.4, -0.2) is 68.1 Å². The molecule has 0 bridgehead atoms. The van der Waals surface area contributed by atoms with Gasteiger partial charge in [0.1, 0.15) is 0 Å². The van der Waals surface area contributed by atoms with Gasteiger partial charge in [-0.25, -0.2) is 8.42 Å². The number of hydrogen-bond donors (Lipinski definition) is 1. The third kappa shape index (κ3) is 6.33. The maximum Gasteiger partial charge on any atom is 0.216 e. The minimum Gasteiger partial charge on any atom is -0.477 e. The molecule has 1 aliphatic heterocycles. The molecular formula is C42H62FN3O3S. The molecule has 1 N–H and O–H groups in total. The maximum atomic E-state index is 13.5. The molecule has 4 saturated carbocycles. The Morgan fingerprint density at radius 3 is 2.56 bits per heavy atom. The van der Waals surface area contributed by atoms with Crippen molar-refractivity contribution in [3.05, 3.63) is 47.4 Å². The highest BCUT2D eigenvalue weighted by atomic mass is 32.2. The van der Waals surface area contributed by atoms with Crippen LogP contribution in [0.4, 0.5) is 4.39 Å². The number of halogens is 1. The van der Waals surface area contributed by atoms with Gasteiger partial charge in [-0.2, -0.15) is 9.37 Å². The highest BCUT2D eigenvalue weighted by Gasteiger charge is 2.64. The summed E-state index contributed by atoms with van der Waals surface area (Å²) in [5, 5.41) is 4.17. The van der Waals surface area contributed by atoms with E-state index in [0.29, 0.717) is 65.3 Å². The smallest absolute Gasteiger partial charge is 0.216 e. The van der Waals surface area contributed by atoms with Crippen LogP contribution >= 0.6 is 0 Å². The van der Waals surface area contributed by atoms with Gasteiger partial charge in [0, 0.05) is 37.8 Å². The summed E-state index contributed by atoms with van der Waals surface area (Å²) < 4.78 is 43.2. The average molecular weight is 708 g/mol. The van der Waals surface area contributed by atoms with E-state index in [0.717, 1.165) is 61.9 Å². The summed E-state index contributed by atoms with van der Waals surface area (Å²) in [6.45, 7) is 12.0. The first kappa shape index (κ1) is 35.3. The molecule has 0 amide bonds. The molecule has 1 aromatic heterocycles. The fraction of sp³-hybridized carbons (Fsp3) is 0.786. The van der Waals surface area contributed by atoms with E-state index < -0.39 is 15.8 Å². The summed E-state index contributed by atoms with van der Waals surface area (Å²) in [5.74, 6) is 5.72. The van der Waals surface area contributed by atoms with Crippen molar-refractivity contribution in [3.8, 4) is 5.88 Å². The minimum absolute atomic E-state index is 0.305. The van der Waals surface area contributed by atoms with Gasteiger partial charge in [-0.05, 0) is 147 Å². The quantitative estimate of drug-likeness (QED) is 0.276. The molecule has 1 aromatic rings. The van der Waals surface area contributed by atoms with Gasteiger partial charge in [-0.1, -0.05) is 45.4 Å². The van der Waals surface area contributed by atoms with E-state index in [9.17, 15) is 12.8 Å². The van der Waals surface area contributed by atoms with Crippen LogP contribution in [-0.2, 0) is 9.84 Å². The monoisotopic (exact) mass is 707 g/mol. The lowest BCUT2D eigenvalue weighted by Gasteiger charge is -2.67. The molecule has 5 fully saturated rings. The second kappa shape index (κ2) is 13.6. The molecule has 0 spiro atoms. The zero-order valence-electron chi connectivity index (χ0n) is 31.0. The van der Waals surface area contributed by atoms with Crippen molar-refractivity contribution >= 4 is 9.84 Å². The summed E-state index contributed by atoms with van der Waals surface area (Å²) in [6, 6.07) is 4.76. The molecule has 2 heterocycles. The van der Waals surface area contributed by atoms with E-state index in [2.05, 4.69) is 48.1 Å². The fourth-order valence-electron chi connectivity index (χ4n) is 13.6. The molecule has 6 aliphatic carbocycles. The van der Waals surface area contributed by atoms with E-state index in [1.165, 1.54) is 70.3 Å². The lowest BCUT2D eigenvalue weighted by Crippen LogP contribution is -2.63. The van der Waals surface area contributed by atoms with Crippen LogP contribution < -0.4 is 10.1 Å². The fourth-order valence-corrected chi connectivity index (χ4v) is 14.9. The Hall–Kier alpha value is -1.77. The molecule has 6 nitrogen and oxygen atoms in total. The summed E-state index contributed by atoms with van der Waals surface area (Å²) in [7, 11) is -2.82. The number of allylic oxidation sites excluding steroid dienone is 4. The summed E-state index contributed by atoms with van der Waals surface area (Å²) >= 11 is 0. The largest absolute Gasteiger partial charge is 0.477 e. The predicted molar refractivity (Wildman–Crippen MR) is 198 cm³/mol. The zero-order valence-corrected chi connectivity index (χ0v) is 31.8. The predicted octanol–water partition coefficient (Wildman–Crippen LogP) is 8.01. The molecule has 9 unspecified atom stereocenters. The van der Waals surface area contributed by atoms with Crippen LogP contribution in [0.5, 0.6) is 5.88 Å². The van der Waals surface area contributed by atoms with Gasteiger partial charge in [0.25, 0.3) is 0 Å².